The largest absolute Gasteiger partial charge is 0.430 e. The molecule has 0 spiro atoms. The van der Waals surface area contributed by atoms with E-state index in [1.807, 2.05) is 6.92 Å². The summed E-state index contributed by atoms with van der Waals surface area (Å²) in [6.45, 7) is 8.85. The summed E-state index contributed by atoms with van der Waals surface area (Å²) in [6, 6.07) is 0. The van der Waals surface area contributed by atoms with E-state index in [-0.39, 0.29) is 0 Å². The Labute approximate surface area is 85.8 Å². The molecule has 0 bridgehead atoms. The van der Waals surface area contributed by atoms with Crippen LogP contribution in [0.2, 0.25) is 0 Å². The molecule has 0 aromatic rings. The molecule has 0 saturated heterocycles. The first-order valence-corrected chi connectivity index (χ1v) is 5.06. The number of ether oxygens (including phenoxy) is 1. The summed E-state index contributed by atoms with van der Waals surface area (Å²) < 4.78 is 4.97. The van der Waals surface area contributed by atoms with Crippen LogP contribution in [-0.2, 0) is 9.53 Å². The number of hydrogen-bond acceptors (Lipinski definition) is 3. The highest BCUT2D eigenvalue weighted by atomic mass is 16.7. The van der Waals surface area contributed by atoms with Crippen LogP contribution in [0.25, 0.3) is 0 Å². The zero-order valence-electron chi connectivity index (χ0n) is 9.30. The van der Waals surface area contributed by atoms with Gasteiger partial charge in [-0.15, -0.1) is 0 Å². The monoisotopic (exact) mass is 200 g/mol. The normalized spacial score (nSPS) is 14.6. The maximum absolute atomic E-state index is 11.2. The molecule has 0 aromatic carbocycles. The molecule has 3 nitrogen and oxygen atoms in total. The van der Waals surface area contributed by atoms with E-state index in [4.69, 9.17) is 4.74 Å². The predicted octanol–water partition coefficient (Wildman–Crippen LogP) is 2.39. The lowest BCUT2D eigenvalue weighted by molar-refractivity contribution is -0.209. The van der Waals surface area contributed by atoms with Crippen LogP contribution in [0, 0.1) is 0 Å². The van der Waals surface area contributed by atoms with Gasteiger partial charge in [-0.1, -0.05) is 26.8 Å². The number of aliphatic hydroxyl groups is 1. The third-order valence-corrected chi connectivity index (χ3v) is 2.10. The van der Waals surface area contributed by atoms with Crippen LogP contribution in [0.15, 0.2) is 12.2 Å². The van der Waals surface area contributed by atoms with Gasteiger partial charge in [0.2, 0.25) is 5.79 Å². The molecular formula is C11H20O3. The Morgan fingerprint density at radius 3 is 2.43 bits per heavy atom. The molecule has 0 fully saturated rings. The minimum atomic E-state index is -1.31. The smallest absolute Gasteiger partial charge is 0.335 e. The standard InChI is InChI=1S/C11H20O3/c1-5-7-8-11(13,6-2)14-10(12)9(3)4/h13H,3,5-8H2,1-2,4H3. The van der Waals surface area contributed by atoms with Crippen molar-refractivity contribution in [3.8, 4) is 0 Å². The second-order valence-electron chi connectivity index (χ2n) is 3.57. The molecule has 1 unspecified atom stereocenters. The van der Waals surface area contributed by atoms with Gasteiger partial charge in [-0.2, -0.15) is 0 Å². The van der Waals surface area contributed by atoms with E-state index in [1.54, 1.807) is 13.8 Å². The highest BCUT2D eigenvalue weighted by Crippen LogP contribution is 2.21. The zero-order chi connectivity index (χ0) is 11.2. The Morgan fingerprint density at radius 2 is 2.07 bits per heavy atom. The molecule has 0 aromatic heterocycles. The highest BCUT2D eigenvalue weighted by molar-refractivity contribution is 5.87. The number of rotatable bonds is 6. The van der Waals surface area contributed by atoms with E-state index in [0.717, 1.165) is 12.8 Å². The van der Waals surface area contributed by atoms with Crippen molar-refractivity contribution in [1.82, 2.24) is 0 Å². The van der Waals surface area contributed by atoms with E-state index in [1.165, 1.54) is 0 Å². The summed E-state index contributed by atoms with van der Waals surface area (Å²) in [5, 5.41) is 9.89. The number of esters is 1. The van der Waals surface area contributed by atoms with Crippen LogP contribution >= 0.6 is 0 Å². The molecule has 1 atom stereocenters. The van der Waals surface area contributed by atoms with E-state index >= 15 is 0 Å². The molecule has 0 saturated carbocycles. The Kier molecular flexibility index (Phi) is 5.46. The minimum absolute atomic E-state index is 0.313. The average Bonchev–Trinajstić information content (AvgIpc) is 2.14. The third kappa shape index (κ3) is 4.42. The zero-order valence-corrected chi connectivity index (χ0v) is 9.30. The van der Waals surface area contributed by atoms with E-state index in [0.29, 0.717) is 18.4 Å². The van der Waals surface area contributed by atoms with Gasteiger partial charge in [0.15, 0.2) is 0 Å². The predicted molar refractivity (Wildman–Crippen MR) is 55.7 cm³/mol. The van der Waals surface area contributed by atoms with Crippen molar-refractivity contribution in [2.75, 3.05) is 0 Å². The molecule has 0 aliphatic heterocycles. The van der Waals surface area contributed by atoms with Gasteiger partial charge < -0.3 is 9.84 Å². The molecule has 0 aliphatic rings. The van der Waals surface area contributed by atoms with Crippen LogP contribution in [0.1, 0.15) is 46.5 Å². The molecule has 0 amide bonds. The van der Waals surface area contributed by atoms with Gasteiger partial charge in [0.25, 0.3) is 0 Å². The SMILES string of the molecule is C=C(C)C(=O)OC(O)(CC)CCCC. The van der Waals surface area contributed by atoms with Crippen molar-refractivity contribution in [3.63, 3.8) is 0 Å². The summed E-state index contributed by atoms with van der Waals surface area (Å²) in [6.07, 6.45) is 2.70. The summed E-state index contributed by atoms with van der Waals surface area (Å²) in [5.41, 5.74) is 0.313. The van der Waals surface area contributed by atoms with Crippen LogP contribution in [-0.4, -0.2) is 16.9 Å². The van der Waals surface area contributed by atoms with Gasteiger partial charge in [0.05, 0.1) is 0 Å². The van der Waals surface area contributed by atoms with Crippen molar-refractivity contribution in [1.29, 1.82) is 0 Å². The van der Waals surface area contributed by atoms with Crippen molar-refractivity contribution >= 4 is 5.97 Å². The van der Waals surface area contributed by atoms with Gasteiger partial charge in [-0.05, 0) is 13.3 Å². The third-order valence-electron chi connectivity index (χ3n) is 2.10. The van der Waals surface area contributed by atoms with Gasteiger partial charge in [0, 0.05) is 18.4 Å². The van der Waals surface area contributed by atoms with E-state index < -0.39 is 11.8 Å². The van der Waals surface area contributed by atoms with Crippen molar-refractivity contribution in [2.45, 2.75) is 52.2 Å². The highest BCUT2D eigenvalue weighted by Gasteiger charge is 2.28. The van der Waals surface area contributed by atoms with Crippen LogP contribution < -0.4 is 0 Å². The molecule has 0 rings (SSSR count). The Balaban J connectivity index is 4.24. The number of carbonyl (C=O) groups is 1. The molecule has 3 heteroatoms. The van der Waals surface area contributed by atoms with Crippen molar-refractivity contribution in [2.24, 2.45) is 0 Å². The maximum Gasteiger partial charge on any atom is 0.335 e. The Hall–Kier alpha value is -0.830. The summed E-state index contributed by atoms with van der Waals surface area (Å²) in [5.74, 6) is -1.84. The average molecular weight is 200 g/mol. The second-order valence-corrected chi connectivity index (χ2v) is 3.57. The van der Waals surface area contributed by atoms with Crippen LogP contribution in [0.5, 0.6) is 0 Å². The summed E-state index contributed by atoms with van der Waals surface area (Å²) >= 11 is 0. The lowest BCUT2D eigenvalue weighted by Crippen LogP contribution is -2.34. The van der Waals surface area contributed by atoms with Gasteiger partial charge in [-0.25, -0.2) is 4.79 Å². The topological polar surface area (TPSA) is 46.5 Å². The fourth-order valence-corrected chi connectivity index (χ4v) is 1.01. The van der Waals surface area contributed by atoms with E-state index in [2.05, 4.69) is 6.58 Å². The molecule has 1 N–H and O–H groups in total. The number of unbranched alkanes of at least 4 members (excludes halogenated alkanes) is 1. The van der Waals surface area contributed by atoms with Gasteiger partial charge in [-0.3, -0.25) is 0 Å². The number of hydrogen-bond donors (Lipinski definition) is 1. The fraction of sp³-hybridized carbons (Fsp3) is 0.727. The summed E-state index contributed by atoms with van der Waals surface area (Å²) in [4.78, 5) is 11.2. The van der Waals surface area contributed by atoms with Crippen LogP contribution in [0.4, 0.5) is 0 Å². The molecule has 0 radical (unpaired) electrons. The maximum atomic E-state index is 11.2. The summed E-state index contributed by atoms with van der Waals surface area (Å²) in [7, 11) is 0. The number of carbonyl (C=O) groups excluding carboxylic acids is 1. The molecule has 0 aliphatic carbocycles. The Morgan fingerprint density at radius 1 is 1.50 bits per heavy atom. The van der Waals surface area contributed by atoms with Gasteiger partial charge in [0.1, 0.15) is 0 Å². The first kappa shape index (κ1) is 13.2. The Bertz CT molecular complexity index is 211. The first-order chi connectivity index (χ1) is 6.45. The van der Waals surface area contributed by atoms with Crippen molar-refractivity contribution < 1.29 is 14.6 Å². The fourth-order valence-electron chi connectivity index (χ4n) is 1.01. The minimum Gasteiger partial charge on any atom is -0.430 e. The first-order valence-electron chi connectivity index (χ1n) is 5.06. The lowest BCUT2D eigenvalue weighted by Gasteiger charge is -2.26. The lowest BCUT2D eigenvalue weighted by atomic mass is 10.1. The second kappa shape index (κ2) is 5.81. The van der Waals surface area contributed by atoms with Gasteiger partial charge >= 0.3 is 5.97 Å². The molecular weight excluding hydrogens is 180 g/mol. The van der Waals surface area contributed by atoms with Crippen LogP contribution in [0.3, 0.4) is 0 Å². The molecule has 0 heterocycles. The van der Waals surface area contributed by atoms with E-state index in [9.17, 15) is 9.90 Å². The quantitative estimate of drug-likeness (QED) is 0.407. The van der Waals surface area contributed by atoms with Crippen molar-refractivity contribution in [3.05, 3.63) is 12.2 Å². The molecule has 14 heavy (non-hydrogen) atoms. The molecule has 82 valence electrons.